The second kappa shape index (κ2) is 7.73. The van der Waals surface area contributed by atoms with E-state index in [1.165, 1.54) is 16.0 Å². The summed E-state index contributed by atoms with van der Waals surface area (Å²) in [6.45, 7) is 2.01. The average Bonchev–Trinajstić information content (AvgIpc) is 2.95. The minimum Gasteiger partial charge on any atom is -0.454 e. The van der Waals surface area contributed by atoms with E-state index < -0.39 is 0 Å². The Balaban J connectivity index is 0.00000161. The molecule has 0 aromatic heterocycles. The zero-order valence-corrected chi connectivity index (χ0v) is 14.3. The van der Waals surface area contributed by atoms with Crippen molar-refractivity contribution in [1.29, 1.82) is 0 Å². The summed E-state index contributed by atoms with van der Waals surface area (Å²) in [7, 11) is 0. The van der Waals surface area contributed by atoms with Gasteiger partial charge in [-0.3, -0.25) is 0 Å². The molecule has 1 aliphatic rings. The monoisotopic (exact) mass is 367 g/mol. The number of fused-ring (bicyclic) bond motifs is 1. The Kier molecular flexibility index (Phi) is 5.96. The van der Waals surface area contributed by atoms with Crippen LogP contribution in [0.3, 0.4) is 0 Å². The Morgan fingerprint density at radius 3 is 2.38 bits per heavy atom. The van der Waals surface area contributed by atoms with Crippen LogP contribution in [0.25, 0.3) is 0 Å². The molecular formula is C16H18BrNO2S. The summed E-state index contributed by atoms with van der Waals surface area (Å²) in [5.74, 6) is 1.68. The minimum absolute atomic E-state index is 0. The molecule has 0 atom stereocenters. The van der Waals surface area contributed by atoms with Crippen LogP contribution < -0.4 is 14.8 Å². The van der Waals surface area contributed by atoms with E-state index in [0.717, 1.165) is 24.6 Å². The largest absolute Gasteiger partial charge is 0.454 e. The summed E-state index contributed by atoms with van der Waals surface area (Å²) in [5, 5.41) is 3.44. The lowest BCUT2D eigenvalue weighted by Gasteiger charge is -2.06. The molecule has 5 heteroatoms. The van der Waals surface area contributed by atoms with E-state index in [2.05, 4.69) is 41.9 Å². The van der Waals surface area contributed by atoms with Crippen molar-refractivity contribution >= 4 is 28.7 Å². The maximum Gasteiger partial charge on any atom is 0.231 e. The zero-order valence-electron chi connectivity index (χ0n) is 11.8. The Labute approximate surface area is 139 Å². The third-order valence-corrected chi connectivity index (χ3v) is 4.00. The summed E-state index contributed by atoms with van der Waals surface area (Å²) in [4.78, 5) is 1.30. The Bertz CT molecular complexity index is 589. The van der Waals surface area contributed by atoms with Gasteiger partial charge >= 0.3 is 0 Å². The van der Waals surface area contributed by atoms with E-state index in [0.29, 0.717) is 6.79 Å². The summed E-state index contributed by atoms with van der Waals surface area (Å²) < 4.78 is 10.7. The number of ether oxygens (including phenoxy) is 2. The first-order valence-corrected chi connectivity index (χ1v) is 7.80. The van der Waals surface area contributed by atoms with Crippen molar-refractivity contribution in [2.75, 3.05) is 13.0 Å². The average molecular weight is 368 g/mol. The van der Waals surface area contributed by atoms with Crippen LogP contribution in [0.1, 0.15) is 11.1 Å². The summed E-state index contributed by atoms with van der Waals surface area (Å²) in [5.41, 5.74) is 2.50. The highest BCUT2D eigenvalue weighted by molar-refractivity contribution is 8.93. The van der Waals surface area contributed by atoms with Gasteiger partial charge in [-0.25, -0.2) is 0 Å². The Hall–Kier alpha value is -1.17. The SMILES string of the molecule is Br.CSc1ccc(CNCc2ccc3c(c2)OCO3)cc1. The van der Waals surface area contributed by atoms with Gasteiger partial charge in [-0.2, -0.15) is 0 Å². The van der Waals surface area contributed by atoms with Gasteiger partial charge < -0.3 is 14.8 Å². The highest BCUT2D eigenvalue weighted by Gasteiger charge is 2.12. The standard InChI is InChI=1S/C16H17NO2S.BrH/c1-20-14-5-2-12(3-6-14)9-17-10-13-4-7-15-16(8-13)19-11-18-15;/h2-8,17H,9-11H2,1H3;1H. The smallest absolute Gasteiger partial charge is 0.231 e. The third kappa shape index (κ3) is 4.15. The van der Waals surface area contributed by atoms with E-state index in [-0.39, 0.29) is 17.0 Å². The first-order valence-electron chi connectivity index (χ1n) is 6.57. The molecule has 112 valence electrons. The lowest BCUT2D eigenvalue weighted by molar-refractivity contribution is 0.174. The molecule has 0 aliphatic carbocycles. The number of thioether (sulfide) groups is 1. The number of halogens is 1. The van der Waals surface area contributed by atoms with Gasteiger partial charge in [0, 0.05) is 18.0 Å². The summed E-state index contributed by atoms with van der Waals surface area (Å²) >= 11 is 1.76. The van der Waals surface area contributed by atoms with Gasteiger partial charge in [-0.15, -0.1) is 28.7 Å². The lowest BCUT2D eigenvalue weighted by Crippen LogP contribution is -2.12. The van der Waals surface area contributed by atoms with Crippen LogP contribution in [0.2, 0.25) is 0 Å². The molecule has 3 nitrogen and oxygen atoms in total. The number of hydrogen-bond donors (Lipinski definition) is 1. The van der Waals surface area contributed by atoms with Gasteiger partial charge in [0.25, 0.3) is 0 Å². The van der Waals surface area contributed by atoms with Crippen LogP contribution in [0, 0.1) is 0 Å². The number of rotatable bonds is 5. The number of benzene rings is 2. The highest BCUT2D eigenvalue weighted by atomic mass is 79.9. The molecule has 0 amide bonds. The van der Waals surface area contributed by atoms with Crippen LogP contribution in [0.5, 0.6) is 11.5 Å². The molecule has 0 saturated heterocycles. The van der Waals surface area contributed by atoms with Gasteiger partial charge in [0.1, 0.15) is 0 Å². The molecule has 21 heavy (non-hydrogen) atoms. The van der Waals surface area contributed by atoms with Crippen molar-refractivity contribution in [2.45, 2.75) is 18.0 Å². The maximum atomic E-state index is 5.38. The second-order valence-electron chi connectivity index (χ2n) is 4.64. The highest BCUT2D eigenvalue weighted by Crippen LogP contribution is 2.32. The van der Waals surface area contributed by atoms with Crippen LogP contribution >= 0.6 is 28.7 Å². The summed E-state index contributed by atoms with van der Waals surface area (Å²) in [6.07, 6.45) is 2.09. The van der Waals surface area contributed by atoms with Crippen LogP contribution in [-0.4, -0.2) is 13.0 Å². The topological polar surface area (TPSA) is 30.5 Å². The van der Waals surface area contributed by atoms with E-state index in [9.17, 15) is 0 Å². The predicted molar refractivity (Wildman–Crippen MR) is 91.7 cm³/mol. The molecule has 0 saturated carbocycles. The Morgan fingerprint density at radius 1 is 0.952 bits per heavy atom. The first-order chi connectivity index (χ1) is 9.85. The fraction of sp³-hybridized carbons (Fsp3) is 0.250. The van der Waals surface area contributed by atoms with Crippen LogP contribution in [0.15, 0.2) is 47.4 Å². The molecule has 0 bridgehead atoms. The fourth-order valence-electron chi connectivity index (χ4n) is 2.15. The predicted octanol–water partition coefficient (Wildman–Crippen LogP) is 4.00. The molecule has 0 radical (unpaired) electrons. The van der Waals surface area contributed by atoms with E-state index in [4.69, 9.17) is 9.47 Å². The molecule has 3 rings (SSSR count). The Morgan fingerprint density at radius 2 is 1.62 bits per heavy atom. The zero-order chi connectivity index (χ0) is 13.8. The molecule has 0 unspecified atom stereocenters. The van der Waals surface area contributed by atoms with Gasteiger partial charge in [0.05, 0.1) is 0 Å². The van der Waals surface area contributed by atoms with Crippen molar-refractivity contribution in [3.8, 4) is 11.5 Å². The van der Waals surface area contributed by atoms with E-state index in [1.807, 2.05) is 12.1 Å². The van der Waals surface area contributed by atoms with Crippen LogP contribution in [0.4, 0.5) is 0 Å². The fourth-order valence-corrected chi connectivity index (χ4v) is 2.55. The van der Waals surface area contributed by atoms with Crippen molar-refractivity contribution in [1.82, 2.24) is 5.32 Å². The van der Waals surface area contributed by atoms with E-state index in [1.54, 1.807) is 11.8 Å². The van der Waals surface area contributed by atoms with Crippen molar-refractivity contribution in [2.24, 2.45) is 0 Å². The molecular weight excluding hydrogens is 350 g/mol. The quantitative estimate of drug-likeness (QED) is 0.808. The molecule has 2 aromatic rings. The summed E-state index contributed by atoms with van der Waals surface area (Å²) in [6, 6.07) is 14.7. The molecule has 1 heterocycles. The molecule has 0 fully saturated rings. The van der Waals surface area contributed by atoms with Crippen molar-refractivity contribution in [3.63, 3.8) is 0 Å². The van der Waals surface area contributed by atoms with Gasteiger partial charge in [-0.05, 0) is 41.6 Å². The molecule has 0 spiro atoms. The molecule has 1 aliphatic heterocycles. The van der Waals surface area contributed by atoms with Crippen LogP contribution in [-0.2, 0) is 13.1 Å². The number of nitrogens with one attached hydrogen (secondary N) is 1. The molecule has 2 aromatic carbocycles. The van der Waals surface area contributed by atoms with Gasteiger partial charge in [-0.1, -0.05) is 18.2 Å². The lowest BCUT2D eigenvalue weighted by atomic mass is 10.2. The second-order valence-corrected chi connectivity index (χ2v) is 5.52. The molecule has 1 N–H and O–H groups in total. The van der Waals surface area contributed by atoms with Crippen molar-refractivity contribution in [3.05, 3.63) is 53.6 Å². The van der Waals surface area contributed by atoms with Crippen molar-refractivity contribution < 1.29 is 9.47 Å². The third-order valence-electron chi connectivity index (χ3n) is 3.25. The normalized spacial score (nSPS) is 12.0. The first kappa shape index (κ1) is 16.2. The van der Waals surface area contributed by atoms with Gasteiger partial charge in [0.15, 0.2) is 11.5 Å². The van der Waals surface area contributed by atoms with E-state index >= 15 is 0 Å². The van der Waals surface area contributed by atoms with Gasteiger partial charge in [0.2, 0.25) is 6.79 Å². The minimum atomic E-state index is 0. The number of hydrogen-bond acceptors (Lipinski definition) is 4. The maximum absolute atomic E-state index is 5.38.